The lowest BCUT2D eigenvalue weighted by Crippen LogP contribution is -2.49. The van der Waals surface area contributed by atoms with Crippen LogP contribution in [0.1, 0.15) is 22.0 Å². The zero-order chi connectivity index (χ0) is 16.2. The third-order valence-electron chi connectivity index (χ3n) is 4.37. The molecule has 3 rings (SSSR count). The minimum Gasteiger partial charge on any atom is -0.497 e. The third-order valence-corrected chi connectivity index (χ3v) is 4.37. The first-order chi connectivity index (χ1) is 11.2. The maximum Gasteiger partial charge on any atom is 0.254 e. The summed E-state index contributed by atoms with van der Waals surface area (Å²) < 4.78 is 5.17. The van der Waals surface area contributed by atoms with Gasteiger partial charge >= 0.3 is 0 Å². The van der Waals surface area contributed by atoms with Crippen molar-refractivity contribution in [1.29, 1.82) is 0 Å². The maximum atomic E-state index is 13.0. The summed E-state index contributed by atoms with van der Waals surface area (Å²) in [7, 11) is 3.73. The van der Waals surface area contributed by atoms with Gasteiger partial charge in [0, 0.05) is 25.2 Å². The molecule has 1 saturated heterocycles. The van der Waals surface area contributed by atoms with E-state index in [1.165, 1.54) is 5.56 Å². The van der Waals surface area contributed by atoms with Crippen LogP contribution in [0.3, 0.4) is 0 Å². The highest BCUT2D eigenvalue weighted by atomic mass is 16.5. The number of likely N-dealkylation sites (N-methyl/N-ethyl adjacent to an activating group) is 1. The van der Waals surface area contributed by atoms with Gasteiger partial charge < -0.3 is 14.5 Å². The molecule has 1 atom stereocenters. The SMILES string of the molecule is COc1ccc(C(=O)N2CCN(C)C[C@H]2c2ccccc2)cc1. The molecule has 0 radical (unpaired) electrons. The normalized spacial score (nSPS) is 18.7. The Morgan fingerprint density at radius 1 is 1.04 bits per heavy atom. The fourth-order valence-electron chi connectivity index (χ4n) is 3.02. The largest absolute Gasteiger partial charge is 0.497 e. The van der Waals surface area contributed by atoms with Gasteiger partial charge in [0.2, 0.25) is 0 Å². The maximum absolute atomic E-state index is 13.0. The van der Waals surface area contributed by atoms with Crippen LogP contribution in [0.15, 0.2) is 54.6 Å². The number of methoxy groups -OCH3 is 1. The van der Waals surface area contributed by atoms with E-state index >= 15 is 0 Å². The van der Waals surface area contributed by atoms with E-state index in [0.717, 1.165) is 25.4 Å². The van der Waals surface area contributed by atoms with Crippen molar-refractivity contribution in [2.45, 2.75) is 6.04 Å². The summed E-state index contributed by atoms with van der Waals surface area (Å²) >= 11 is 0. The molecule has 1 amide bonds. The highest BCUT2D eigenvalue weighted by molar-refractivity contribution is 5.94. The van der Waals surface area contributed by atoms with Gasteiger partial charge in [0.25, 0.3) is 5.91 Å². The lowest BCUT2D eigenvalue weighted by atomic mass is 10.0. The molecule has 0 spiro atoms. The number of ether oxygens (including phenoxy) is 1. The minimum atomic E-state index is 0.0783. The van der Waals surface area contributed by atoms with Crippen molar-refractivity contribution in [2.75, 3.05) is 33.8 Å². The first-order valence-corrected chi connectivity index (χ1v) is 7.87. The van der Waals surface area contributed by atoms with E-state index in [2.05, 4.69) is 24.1 Å². The Kier molecular flexibility index (Phi) is 4.63. The van der Waals surface area contributed by atoms with Crippen molar-refractivity contribution >= 4 is 5.91 Å². The lowest BCUT2D eigenvalue weighted by Gasteiger charge is -2.40. The zero-order valence-corrected chi connectivity index (χ0v) is 13.6. The predicted octanol–water partition coefficient (Wildman–Crippen LogP) is 2.82. The lowest BCUT2D eigenvalue weighted by molar-refractivity contribution is 0.0498. The summed E-state index contributed by atoms with van der Waals surface area (Å²) in [4.78, 5) is 17.2. The molecule has 2 aromatic carbocycles. The molecule has 2 aromatic rings. The number of benzene rings is 2. The molecular weight excluding hydrogens is 288 g/mol. The zero-order valence-electron chi connectivity index (χ0n) is 13.6. The summed E-state index contributed by atoms with van der Waals surface area (Å²) in [6.07, 6.45) is 0. The molecule has 4 heteroatoms. The van der Waals surface area contributed by atoms with E-state index in [1.54, 1.807) is 7.11 Å². The van der Waals surface area contributed by atoms with Gasteiger partial charge in [-0.25, -0.2) is 0 Å². The Morgan fingerprint density at radius 3 is 2.39 bits per heavy atom. The van der Waals surface area contributed by atoms with E-state index in [1.807, 2.05) is 47.4 Å². The fraction of sp³-hybridized carbons (Fsp3) is 0.316. The average molecular weight is 310 g/mol. The Balaban J connectivity index is 1.86. The van der Waals surface area contributed by atoms with E-state index < -0.39 is 0 Å². The van der Waals surface area contributed by atoms with Crippen molar-refractivity contribution in [1.82, 2.24) is 9.80 Å². The number of rotatable bonds is 3. The molecule has 1 aliphatic rings. The Labute approximate surface area is 137 Å². The number of carbonyl (C=O) groups excluding carboxylic acids is 1. The van der Waals surface area contributed by atoms with Gasteiger partial charge in [-0.2, -0.15) is 0 Å². The van der Waals surface area contributed by atoms with Crippen molar-refractivity contribution in [3.63, 3.8) is 0 Å². The summed E-state index contributed by atoms with van der Waals surface area (Å²) in [5.74, 6) is 0.842. The van der Waals surface area contributed by atoms with Crippen molar-refractivity contribution in [3.8, 4) is 5.75 Å². The standard InChI is InChI=1S/C19H22N2O2/c1-20-12-13-21(18(14-20)15-6-4-3-5-7-15)19(22)16-8-10-17(23-2)11-9-16/h3-11,18H,12-14H2,1-2H3/t18-/m0/s1. The van der Waals surface area contributed by atoms with Crippen LogP contribution in [-0.2, 0) is 0 Å². The number of carbonyl (C=O) groups is 1. The van der Waals surface area contributed by atoms with Crippen molar-refractivity contribution in [2.24, 2.45) is 0 Å². The summed E-state index contributed by atoms with van der Waals surface area (Å²) in [5, 5.41) is 0. The highest BCUT2D eigenvalue weighted by Crippen LogP contribution is 2.27. The van der Waals surface area contributed by atoms with Crippen LogP contribution in [0.4, 0.5) is 0 Å². The second-order valence-corrected chi connectivity index (χ2v) is 5.92. The Hall–Kier alpha value is -2.33. The van der Waals surface area contributed by atoms with Crippen molar-refractivity contribution < 1.29 is 9.53 Å². The second kappa shape index (κ2) is 6.84. The van der Waals surface area contributed by atoms with Gasteiger partial charge in [0.15, 0.2) is 0 Å². The van der Waals surface area contributed by atoms with Crippen molar-refractivity contribution in [3.05, 3.63) is 65.7 Å². The molecule has 1 aliphatic heterocycles. The van der Waals surface area contributed by atoms with Gasteiger partial charge in [-0.05, 0) is 36.9 Å². The number of hydrogen-bond donors (Lipinski definition) is 0. The molecule has 0 aromatic heterocycles. The molecule has 120 valence electrons. The van der Waals surface area contributed by atoms with Crippen LogP contribution >= 0.6 is 0 Å². The molecule has 0 saturated carbocycles. The molecule has 1 fully saturated rings. The smallest absolute Gasteiger partial charge is 0.254 e. The highest BCUT2D eigenvalue weighted by Gasteiger charge is 2.30. The van der Waals surface area contributed by atoms with Gasteiger partial charge in [-0.3, -0.25) is 4.79 Å². The molecule has 0 bridgehead atoms. The third kappa shape index (κ3) is 3.37. The van der Waals surface area contributed by atoms with Crippen LogP contribution in [0.5, 0.6) is 5.75 Å². The second-order valence-electron chi connectivity index (χ2n) is 5.92. The van der Waals surface area contributed by atoms with Crippen LogP contribution in [0, 0.1) is 0 Å². The van der Waals surface area contributed by atoms with Crippen LogP contribution in [0.25, 0.3) is 0 Å². The molecule has 4 nitrogen and oxygen atoms in total. The first-order valence-electron chi connectivity index (χ1n) is 7.87. The van der Waals surface area contributed by atoms with Crippen LogP contribution in [0.2, 0.25) is 0 Å². The Bertz CT molecular complexity index is 655. The van der Waals surface area contributed by atoms with Gasteiger partial charge in [0.1, 0.15) is 5.75 Å². The molecular formula is C19H22N2O2. The fourth-order valence-corrected chi connectivity index (χ4v) is 3.02. The summed E-state index contributed by atoms with van der Waals surface area (Å²) in [6.45, 7) is 2.48. The molecule has 1 heterocycles. The minimum absolute atomic E-state index is 0.0783. The molecule has 0 N–H and O–H groups in total. The topological polar surface area (TPSA) is 32.8 Å². The van der Waals surface area contributed by atoms with E-state index in [4.69, 9.17) is 4.74 Å². The number of nitrogens with zero attached hydrogens (tertiary/aromatic N) is 2. The molecule has 0 unspecified atom stereocenters. The summed E-state index contributed by atoms with van der Waals surface area (Å²) in [6, 6.07) is 17.7. The number of amides is 1. The molecule has 23 heavy (non-hydrogen) atoms. The van der Waals surface area contributed by atoms with Crippen LogP contribution in [-0.4, -0.2) is 49.5 Å². The quantitative estimate of drug-likeness (QED) is 0.874. The monoisotopic (exact) mass is 310 g/mol. The number of piperazine rings is 1. The average Bonchev–Trinajstić information content (AvgIpc) is 2.62. The van der Waals surface area contributed by atoms with E-state index in [0.29, 0.717) is 5.56 Å². The van der Waals surface area contributed by atoms with E-state index in [9.17, 15) is 4.79 Å². The van der Waals surface area contributed by atoms with Crippen LogP contribution < -0.4 is 4.74 Å². The molecule has 0 aliphatic carbocycles. The first kappa shape index (κ1) is 15.6. The van der Waals surface area contributed by atoms with E-state index in [-0.39, 0.29) is 11.9 Å². The Morgan fingerprint density at radius 2 is 1.74 bits per heavy atom. The summed E-state index contributed by atoms with van der Waals surface area (Å²) in [5.41, 5.74) is 1.89. The predicted molar refractivity (Wildman–Crippen MR) is 90.7 cm³/mol. The number of hydrogen-bond acceptors (Lipinski definition) is 3. The van der Waals surface area contributed by atoms with Gasteiger partial charge in [-0.15, -0.1) is 0 Å². The van der Waals surface area contributed by atoms with Gasteiger partial charge in [0.05, 0.1) is 13.2 Å². The van der Waals surface area contributed by atoms with Gasteiger partial charge in [-0.1, -0.05) is 30.3 Å².